The first kappa shape index (κ1) is 21.2. The molecule has 5 heteroatoms. The van der Waals surface area contributed by atoms with Crippen molar-refractivity contribution < 1.29 is 19.0 Å². The van der Waals surface area contributed by atoms with Crippen LogP contribution in [0.15, 0.2) is 42.5 Å². The zero-order valence-electron chi connectivity index (χ0n) is 15.3. The number of hydrogen-bond acceptors (Lipinski definition) is 4. The smallest absolute Gasteiger partial charge is 0.161 e. The van der Waals surface area contributed by atoms with Crippen LogP contribution in [-0.4, -0.2) is 43.4 Å². The summed E-state index contributed by atoms with van der Waals surface area (Å²) in [5.74, 6) is 1.19. The Morgan fingerprint density at radius 2 is 1.78 bits per heavy atom. The minimum Gasteiger partial charge on any atom is -0.493 e. The maximum absolute atomic E-state index is 13.1. The minimum absolute atomic E-state index is 0. The normalized spacial score (nSPS) is 20.0. The summed E-state index contributed by atoms with van der Waals surface area (Å²) in [4.78, 5) is 2.39. The van der Waals surface area contributed by atoms with E-state index in [4.69, 9.17) is 9.47 Å². The highest BCUT2D eigenvalue weighted by Gasteiger charge is 2.29. The van der Waals surface area contributed by atoms with Gasteiger partial charge < -0.3 is 14.6 Å². The molecular formula is C22H30FNO3. The van der Waals surface area contributed by atoms with E-state index < -0.39 is 0 Å². The van der Waals surface area contributed by atoms with Gasteiger partial charge in [0, 0.05) is 19.1 Å². The summed E-state index contributed by atoms with van der Waals surface area (Å²) in [5.41, 5.74) is 2.23. The summed E-state index contributed by atoms with van der Waals surface area (Å²) in [6, 6.07) is 12.7. The summed E-state index contributed by atoms with van der Waals surface area (Å²) >= 11 is 0. The number of ether oxygens (including phenoxy) is 2. The van der Waals surface area contributed by atoms with Crippen molar-refractivity contribution in [2.45, 2.75) is 38.8 Å². The Balaban J connectivity index is 0.00000261. The van der Waals surface area contributed by atoms with Crippen molar-refractivity contribution in [1.82, 2.24) is 4.90 Å². The third-order valence-electron chi connectivity index (χ3n) is 5.08. The van der Waals surface area contributed by atoms with Gasteiger partial charge in [-0.2, -0.15) is 0 Å². The largest absolute Gasteiger partial charge is 0.493 e. The molecule has 1 aliphatic heterocycles. The number of nitrogens with zero attached hydrogens (tertiary/aromatic N) is 1. The van der Waals surface area contributed by atoms with E-state index in [9.17, 15) is 9.50 Å². The predicted octanol–water partition coefficient (Wildman–Crippen LogP) is 4.22. The Hall–Kier alpha value is -2.11. The van der Waals surface area contributed by atoms with E-state index in [1.165, 1.54) is 12.1 Å². The van der Waals surface area contributed by atoms with Crippen molar-refractivity contribution >= 4 is 0 Å². The fourth-order valence-electron chi connectivity index (χ4n) is 3.59. The molecule has 27 heavy (non-hydrogen) atoms. The summed E-state index contributed by atoms with van der Waals surface area (Å²) in [5, 5.41) is 10.2. The average Bonchev–Trinajstić information content (AvgIpc) is 2.67. The van der Waals surface area contributed by atoms with Gasteiger partial charge in [-0.05, 0) is 54.7 Å². The fourth-order valence-corrected chi connectivity index (χ4v) is 3.59. The minimum atomic E-state index is -0.296. The van der Waals surface area contributed by atoms with Gasteiger partial charge in [0.2, 0.25) is 0 Å². The van der Waals surface area contributed by atoms with Gasteiger partial charge in [-0.25, -0.2) is 4.39 Å². The molecule has 4 nitrogen and oxygen atoms in total. The van der Waals surface area contributed by atoms with Gasteiger partial charge in [0.25, 0.3) is 0 Å². The highest BCUT2D eigenvalue weighted by Crippen LogP contribution is 2.36. The highest BCUT2D eigenvalue weighted by atomic mass is 19.1. The first-order valence-electron chi connectivity index (χ1n) is 8.99. The molecule has 1 fully saturated rings. The molecule has 1 heterocycles. The standard InChI is InChI=1S/C21H26FNO3.CH4/c1-25-20-8-5-16(13-21(20)26-2)19-14-18(24)10-12-23(19)11-9-15-3-6-17(22)7-4-15;/h3-8,13,18-19,24H,9-12,14H2,1-2H3;1H4. The van der Waals surface area contributed by atoms with E-state index in [0.29, 0.717) is 17.9 Å². The Labute approximate surface area is 161 Å². The van der Waals surface area contributed by atoms with Crippen molar-refractivity contribution in [3.05, 3.63) is 59.4 Å². The molecule has 0 amide bonds. The Morgan fingerprint density at radius 1 is 1.07 bits per heavy atom. The molecule has 1 N–H and O–H groups in total. The van der Waals surface area contributed by atoms with Crippen molar-refractivity contribution in [3.63, 3.8) is 0 Å². The molecule has 2 atom stereocenters. The molecule has 148 valence electrons. The summed E-state index contributed by atoms with van der Waals surface area (Å²) < 4.78 is 23.8. The molecule has 0 radical (unpaired) electrons. The average molecular weight is 375 g/mol. The number of aliphatic hydroxyl groups excluding tert-OH is 1. The Kier molecular flexibility index (Phi) is 7.63. The van der Waals surface area contributed by atoms with Crippen LogP contribution in [-0.2, 0) is 6.42 Å². The number of hydrogen-bond donors (Lipinski definition) is 1. The van der Waals surface area contributed by atoms with Gasteiger partial charge in [0.05, 0.1) is 20.3 Å². The number of aliphatic hydroxyl groups is 1. The van der Waals surface area contributed by atoms with E-state index in [1.807, 2.05) is 30.3 Å². The first-order valence-corrected chi connectivity index (χ1v) is 8.99. The van der Waals surface area contributed by atoms with Crippen molar-refractivity contribution in [2.24, 2.45) is 0 Å². The molecule has 0 aromatic heterocycles. The zero-order chi connectivity index (χ0) is 18.5. The topological polar surface area (TPSA) is 41.9 Å². The molecule has 1 saturated heterocycles. The molecule has 2 aromatic rings. The van der Waals surface area contributed by atoms with Crippen LogP contribution in [0.4, 0.5) is 4.39 Å². The third kappa shape index (κ3) is 5.21. The van der Waals surface area contributed by atoms with Crippen LogP contribution in [0.3, 0.4) is 0 Å². The van der Waals surface area contributed by atoms with Gasteiger partial charge in [0.15, 0.2) is 11.5 Å². The lowest BCUT2D eigenvalue weighted by Crippen LogP contribution is -2.39. The number of likely N-dealkylation sites (tertiary alicyclic amines) is 1. The number of halogens is 1. The molecule has 0 saturated carbocycles. The van der Waals surface area contributed by atoms with Gasteiger partial charge >= 0.3 is 0 Å². The van der Waals surface area contributed by atoms with E-state index in [0.717, 1.165) is 37.1 Å². The number of piperidine rings is 1. The van der Waals surface area contributed by atoms with Crippen molar-refractivity contribution in [3.8, 4) is 11.5 Å². The van der Waals surface area contributed by atoms with E-state index in [2.05, 4.69) is 4.90 Å². The molecule has 2 unspecified atom stereocenters. The molecular weight excluding hydrogens is 345 g/mol. The molecule has 3 rings (SSSR count). The Morgan fingerprint density at radius 3 is 2.44 bits per heavy atom. The number of rotatable bonds is 6. The summed E-state index contributed by atoms with van der Waals surface area (Å²) in [7, 11) is 3.25. The maximum Gasteiger partial charge on any atom is 0.161 e. The van der Waals surface area contributed by atoms with Crippen LogP contribution in [0.2, 0.25) is 0 Å². The highest BCUT2D eigenvalue weighted by molar-refractivity contribution is 5.44. The maximum atomic E-state index is 13.1. The lowest BCUT2D eigenvalue weighted by atomic mass is 9.92. The molecule has 0 aliphatic carbocycles. The van der Waals surface area contributed by atoms with Gasteiger partial charge in [-0.3, -0.25) is 4.90 Å². The van der Waals surface area contributed by atoms with E-state index in [1.54, 1.807) is 14.2 Å². The van der Waals surface area contributed by atoms with Gasteiger partial charge in [-0.1, -0.05) is 25.6 Å². The van der Waals surface area contributed by atoms with Crippen LogP contribution in [0.1, 0.15) is 37.4 Å². The molecule has 0 bridgehead atoms. The van der Waals surface area contributed by atoms with Crippen LogP contribution in [0.5, 0.6) is 11.5 Å². The van der Waals surface area contributed by atoms with Crippen molar-refractivity contribution in [1.29, 1.82) is 0 Å². The van der Waals surface area contributed by atoms with Crippen LogP contribution < -0.4 is 9.47 Å². The fraction of sp³-hybridized carbons (Fsp3) is 0.455. The molecule has 1 aliphatic rings. The van der Waals surface area contributed by atoms with E-state index >= 15 is 0 Å². The predicted molar refractivity (Wildman–Crippen MR) is 106 cm³/mol. The Bertz CT molecular complexity index is 720. The second-order valence-electron chi connectivity index (χ2n) is 6.72. The molecule has 2 aromatic carbocycles. The van der Waals surface area contributed by atoms with Gasteiger partial charge in [-0.15, -0.1) is 0 Å². The third-order valence-corrected chi connectivity index (χ3v) is 5.08. The van der Waals surface area contributed by atoms with Crippen LogP contribution >= 0.6 is 0 Å². The van der Waals surface area contributed by atoms with Crippen LogP contribution in [0.25, 0.3) is 0 Å². The number of benzene rings is 2. The van der Waals surface area contributed by atoms with Gasteiger partial charge in [0.1, 0.15) is 5.82 Å². The van der Waals surface area contributed by atoms with Crippen molar-refractivity contribution in [2.75, 3.05) is 27.3 Å². The molecule has 0 spiro atoms. The van der Waals surface area contributed by atoms with Crippen LogP contribution in [0, 0.1) is 5.82 Å². The second kappa shape index (κ2) is 9.72. The first-order chi connectivity index (χ1) is 12.6. The lowest BCUT2D eigenvalue weighted by Gasteiger charge is -2.38. The summed E-state index contributed by atoms with van der Waals surface area (Å²) in [6.45, 7) is 1.69. The SMILES string of the molecule is C.COc1ccc(C2CC(O)CCN2CCc2ccc(F)cc2)cc1OC. The zero-order valence-corrected chi connectivity index (χ0v) is 15.3. The quantitative estimate of drug-likeness (QED) is 0.821. The monoisotopic (exact) mass is 375 g/mol. The lowest BCUT2D eigenvalue weighted by molar-refractivity contribution is 0.0413. The summed E-state index contributed by atoms with van der Waals surface area (Å²) in [6.07, 6.45) is 2.02. The van der Waals surface area contributed by atoms with E-state index in [-0.39, 0.29) is 25.4 Å². The second-order valence-corrected chi connectivity index (χ2v) is 6.72. The number of methoxy groups -OCH3 is 2.